The fraction of sp³-hybridized carbons (Fsp3) is 0.409. The molecule has 2 aromatic carbocycles. The maximum atomic E-state index is 12.7. The zero-order valence-electron chi connectivity index (χ0n) is 16.1. The molecule has 2 aromatic rings. The summed E-state index contributed by atoms with van der Waals surface area (Å²) >= 11 is 6.08. The van der Waals surface area contributed by atoms with Gasteiger partial charge in [-0.1, -0.05) is 54.1 Å². The van der Waals surface area contributed by atoms with E-state index in [1.807, 2.05) is 62.4 Å². The van der Waals surface area contributed by atoms with Crippen molar-refractivity contribution in [3.8, 4) is 0 Å². The number of hydrogen-bond donors (Lipinski definition) is 1. The smallest absolute Gasteiger partial charge is 0.237 e. The fourth-order valence-corrected chi connectivity index (χ4v) is 3.74. The fourth-order valence-electron chi connectivity index (χ4n) is 3.53. The van der Waals surface area contributed by atoms with E-state index in [1.54, 1.807) is 0 Å². The molecule has 1 heterocycles. The number of amides is 1. The Hall–Kier alpha value is -1.88. The number of benzene rings is 2. The standard InChI is InChI=1S/C22H28ClN3O/c1-17(20-8-4-3-5-9-20)24-22(27)18(2)26-13-11-25(12-14-26)16-19-7-6-10-21(23)15-19/h3-10,15,17-18H,11-14,16H2,1-2H3,(H,24,27). The number of halogens is 1. The zero-order valence-corrected chi connectivity index (χ0v) is 16.8. The molecule has 1 aliphatic rings. The molecule has 144 valence electrons. The molecule has 5 heteroatoms. The predicted molar refractivity (Wildman–Crippen MR) is 111 cm³/mol. The van der Waals surface area contributed by atoms with Crippen LogP contribution < -0.4 is 5.32 Å². The van der Waals surface area contributed by atoms with Crippen LogP contribution in [0.4, 0.5) is 0 Å². The highest BCUT2D eigenvalue weighted by atomic mass is 35.5. The van der Waals surface area contributed by atoms with Crippen LogP contribution in [0.5, 0.6) is 0 Å². The van der Waals surface area contributed by atoms with Gasteiger partial charge in [-0.2, -0.15) is 0 Å². The van der Waals surface area contributed by atoms with Gasteiger partial charge in [0.1, 0.15) is 0 Å². The Morgan fingerprint density at radius 3 is 2.41 bits per heavy atom. The average Bonchev–Trinajstić information content (AvgIpc) is 2.68. The molecule has 1 aliphatic heterocycles. The summed E-state index contributed by atoms with van der Waals surface area (Å²) in [5.41, 5.74) is 2.36. The van der Waals surface area contributed by atoms with Crippen LogP contribution in [-0.4, -0.2) is 47.9 Å². The van der Waals surface area contributed by atoms with Crippen molar-refractivity contribution in [2.24, 2.45) is 0 Å². The average molecular weight is 386 g/mol. The number of carbonyl (C=O) groups is 1. The Kier molecular flexibility index (Phi) is 6.89. The SMILES string of the molecule is CC(NC(=O)C(C)N1CCN(Cc2cccc(Cl)c2)CC1)c1ccccc1. The van der Waals surface area contributed by atoms with Gasteiger partial charge in [-0.15, -0.1) is 0 Å². The first-order valence-electron chi connectivity index (χ1n) is 9.59. The topological polar surface area (TPSA) is 35.6 Å². The van der Waals surface area contributed by atoms with Gasteiger partial charge in [-0.3, -0.25) is 14.6 Å². The van der Waals surface area contributed by atoms with Gasteiger partial charge in [0.05, 0.1) is 12.1 Å². The van der Waals surface area contributed by atoms with Crippen LogP contribution in [0.1, 0.15) is 31.0 Å². The third kappa shape index (κ3) is 5.55. The van der Waals surface area contributed by atoms with Crippen molar-refractivity contribution < 1.29 is 4.79 Å². The van der Waals surface area contributed by atoms with Gasteiger partial charge in [0.25, 0.3) is 0 Å². The van der Waals surface area contributed by atoms with Crippen molar-refractivity contribution in [3.05, 3.63) is 70.7 Å². The molecule has 1 fully saturated rings. The molecular weight excluding hydrogens is 358 g/mol. The number of rotatable bonds is 6. The van der Waals surface area contributed by atoms with Crippen LogP contribution in [0.3, 0.4) is 0 Å². The first-order valence-corrected chi connectivity index (χ1v) is 9.97. The Labute approximate surface area is 167 Å². The summed E-state index contributed by atoms with van der Waals surface area (Å²) in [4.78, 5) is 17.3. The summed E-state index contributed by atoms with van der Waals surface area (Å²) in [5.74, 6) is 0.0923. The van der Waals surface area contributed by atoms with Crippen LogP contribution in [0.15, 0.2) is 54.6 Å². The van der Waals surface area contributed by atoms with E-state index >= 15 is 0 Å². The molecule has 4 nitrogen and oxygen atoms in total. The summed E-state index contributed by atoms with van der Waals surface area (Å²) in [6.45, 7) is 8.64. The monoisotopic (exact) mass is 385 g/mol. The molecule has 2 atom stereocenters. The lowest BCUT2D eigenvalue weighted by Gasteiger charge is -2.37. The highest BCUT2D eigenvalue weighted by Crippen LogP contribution is 2.16. The van der Waals surface area contributed by atoms with Crippen LogP contribution in [-0.2, 0) is 11.3 Å². The number of nitrogens with zero attached hydrogens (tertiary/aromatic N) is 2. The second-order valence-electron chi connectivity index (χ2n) is 7.26. The van der Waals surface area contributed by atoms with E-state index < -0.39 is 0 Å². The first kappa shape index (κ1) is 19.9. The van der Waals surface area contributed by atoms with Gasteiger partial charge in [0.2, 0.25) is 5.91 Å². The number of nitrogens with one attached hydrogen (secondary N) is 1. The van der Waals surface area contributed by atoms with E-state index in [1.165, 1.54) is 5.56 Å². The Bertz CT molecular complexity index is 744. The normalized spacial score (nSPS) is 18.0. The van der Waals surface area contributed by atoms with E-state index in [2.05, 4.69) is 21.2 Å². The highest BCUT2D eigenvalue weighted by molar-refractivity contribution is 6.30. The largest absolute Gasteiger partial charge is 0.348 e. The summed E-state index contributed by atoms with van der Waals surface area (Å²) in [6, 6.07) is 18.0. The van der Waals surface area contributed by atoms with E-state index in [0.29, 0.717) is 0 Å². The minimum Gasteiger partial charge on any atom is -0.348 e. The summed E-state index contributed by atoms with van der Waals surface area (Å²) in [6.07, 6.45) is 0. The lowest BCUT2D eigenvalue weighted by Crippen LogP contribution is -2.53. The number of hydrogen-bond acceptors (Lipinski definition) is 3. The second kappa shape index (κ2) is 9.36. The van der Waals surface area contributed by atoms with Crippen molar-refractivity contribution in [3.63, 3.8) is 0 Å². The molecule has 0 saturated carbocycles. The van der Waals surface area contributed by atoms with Gasteiger partial charge in [0.15, 0.2) is 0 Å². The van der Waals surface area contributed by atoms with Crippen molar-refractivity contribution in [1.29, 1.82) is 0 Å². The molecule has 0 aliphatic carbocycles. The Balaban J connectivity index is 1.47. The molecule has 0 radical (unpaired) electrons. The Morgan fingerprint density at radius 2 is 1.74 bits per heavy atom. The molecule has 0 aromatic heterocycles. The van der Waals surface area contributed by atoms with Crippen LogP contribution in [0, 0.1) is 0 Å². The van der Waals surface area contributed by atoms with Gasteiger partial charge in [0, 0.05) is 37.7 Å². The van der Waals surface area contributed by atoms with E-state index in [9.17, 15) is 4.79 Å². The maximum absolute atomic E-state index is 12.7. The van der Waals surface area contributed by atoms with Gasteiger partial charge in [-0.05, 0) is 37.1 Å². The quantitative estimate of drug-likeness (QED) is 0.823. The van der Waals surface area contributed by atoms with Crippen LogP contribution in [0.25, 0.3) is 0 Å². The van der Waals surface area contributed by atoms with Gasteiger partial charge in [-0.25, -0.2) is 0 Å². The minimum absolute atomic E-state index is 0.0188. The lowest BCUT2D eigenvalue weighted by molar-refractivity contribution is -0.127. The summed E-state index contributed by atoms with van der Waals surface area (Å²) in [5, 5.41) is 3.92. The summed E-state index contributed by atoms with van der Waals surface area (Å²) in [7, 11) is 0. The zero-order chi connectivity index (χ0) is 19.2. The molecule has 2 unspecified atom stereocenters. The molecule has 0 spiro atoms. The minimum atomic E-state index is -0.121. The molecule has 0 bridgehead atoms. The molecule has 27 heavy (non-hydrogen) atoms. The van der Waals surface area contributed by atoms with Crippen molar-refractivity contribution in [2.45, 2.75) is 32.5 Å². The lowest BCUT2D eigenvalue weighted by atomic mass is 10.1. The maximum Gasteiger partial charge on any atom is 0.237 e. The van der Waals surface area contributed by atoms with E-state index in [0.717, 1.165) is 43.3 Å². The summed E-state index contributed by atoms with van der Waals surface area (Å²) < 4.78 is 0. The molecular formula is C22H28ClN3O. The van der Waals surface area contributed by atoms with Crippen molar-refractivity contribution in [1.82, 2.24) is 15.1 Å². The van der Waals surface area contributed by atoms with Crippen molar-refractivity contribution >= 4 is 17.5 Å². The molecule has 1 amide bonds. The number of piperazine rings is 1. The third-order valence-electron chi connectivity index (χ3n) is 5.29. The molecule has 1 saturated heterocycles. The van der Waals surface area contributed by atoms with Crippen molar-refractivity contribution in [2.75, 3.05) is 26.2 Å². The second-order valence-corrected chi connectivity index (χ2v) is 7.70. The van der Waals surface area contributed by atoms with Crippen LogP contribution >= 0.6 is 11.6 Å². The predicted octanol–water partition coefficient (Wildman–Crippen LogP) is 3.72. The third-order valence-corrected chi connectivity index (χ3v) is 5.52. The Morgan fingerprint density at radius 1 is 1.04 bits per heavy atom. The molecule has 1 N–H and O–H groups in total. The van der Waals surface area contributed by atoms with E-state index in [4.69, 9.17) is 11.6 Å². The highest BCUT2D eigenvalue weighted by Gasteiger charge is 2.26. The number of carbonyl (C=O) groups excluding carboxylic acids is 1. The van der Waals surface area contributed by atoms with Crippen LogP contribution in [0.2, 0.25) is 5.02 Å². The van der Waals surface area contributed by atoms with E-state index in [-0.39, 0.29) is 18.0 Å². The van der Waals surface area contributed by atoms with Gasteiger partial charge < -0.3 is 5.32 Å². The van der Waals surface area contributed by atoms with Gasteiger partial charge >= 0.3 is 0 Å². The first-order chi connectivity index (χ1) is 13.0. The molecule has 3 rings (SSSR count).